The monoisotopic (exact) mass is 543 g/mol. The van der Waals surface area contributed by atoms with E-state index in [-0.39, 0.29) is 40.3 Å². The van der Waals surface area contributed by atoms with E-state index in [4.69, 9.17) is 0 Å². The van der Waals surface area contributed by atoms with Crippen molar-refractivity contribution in [2.75, 3.05) is 0 Å². The van der Waals surface area contributed by atoms with E-state index < -0.39 is 34.9 Å². The minimum absolute atomic E-state index is 0.0263. The topological polar surface area (TPSA) is 115 Å². The second-order valence-corrected chi connectivity index (χ2v) is 16.9. The molecule has 4 aliphatic rings. The number of fused-ring (bicyclic) bond motifs is 5. The quantitative estimate of drug-likeness (QED) is 0.364. The Morgan fingerprint density at radius 3 is 2.29 bits per heavy atom. The predicted molar refractivity (Wildman–Crippen MR) is 148 cm³/mol. The van der Waals surface area contributed by atoms with Crippen molar-refractivity contribution >= 4 is 19.2 Å². The molecule has 0 aromatic carbocycles. The zero-order valence-corrected chi connectivity index (χ0v) is 25.4. The van der Waals surface area contributed by atoms with E-state index in [1.165, 1.54) is 0 Å². The number of carbonyl (C=O) groups is 2. The van der Waals surface area contributed by atoms with Gasteiger partial charge in [0.15, 0.2) is 11.6 Å². The van der Waals surface area contributed by atoms with Gasteiger partial charge in [0.05, 0.1) is 10.7 Å². The van der Waals surface area contributed by atoms with Crippen LogP contribution < -0.4 is 0 Å². The molecule has 0 unspecified atom stereocenters. The van der Waals surface area contributed by atoms with Crippen LogP contribution in [0.2, 0.25) is 0 Å². The van der Waals surface area contributed by atoms with Crippen molar-refractivity contribution < 1.29 is 23.9 Å². The van der Waals surface area contributed by atoms with Gasteiger partial charge in [0.1, 0.15) is 6.07 Å². The van der Waals surface area contributed by atoms with Crippen molar-refractivity contribution in [3.05, 3.63) is 23.3 Å². The third-order valence-electron chi connectivity index (χ3n) is 12.3. The number of carbonyl (C=O) groups excluding carboxylic acids is 2. The zero-order valence-electron chi connectivity index (χ0n) is 24.5. The van der Waals surface area contributed by atoms with E-state index in [1.54, 1.807) is 6.08 Å². The normalized spacial score (nSPS) is 40.8. The first-order chi connectivity index (χ1) is 17.2. The molecule has 0 amide bonds. The number of nitrogens with zero attached hydrogens (tertiary/aromatic N) is 1. The van der Waals surface area contributed by atoms with Crippen LogP contribution in [0.5, 0.6) is 0 Å². The van der Waals surface area contributed by atoms with Gasteiger partial charge in [-0.3, -0.25) is 14.2 Å². The Balaban J connectivity index is 1.82. The number of rotatable bonds is 5. The van der Waals surface area contributed by atoms with Gasteiger partial charge in [-0.15, -0.1) is 0 Å². The summed E-state index contributed by atoms with van der Waals surface area (Å²) < 4.78 is 13.1. The standard InChI is InChI=1S/C31H46NO5P/c1-9-26(2,3)12-14-31(38(35,36)37)15-13-29(7)21(18-31)22(33)16-24-28(6)17-20(19-32)25(34)27(4,5)23(28)10-11-30(24,29)8/h16-17,21,23H,9-15,18H2,1-8H3,(H2,35,36,37)/t21-,23-,28-,29+,30+,31-/m0/s1. The fourth-order valence-electron chi connectivity index (χ4n) is 8.88. The molecule has 2 fully saturated rings. The van der Waals surface area contributed by atoms with E-state index in [0.717, 1.165) is 24.8 Å². The molecule has 0 heterocycles. The number of allylic oxidation sites excluding steroid dienone is 4. The molecule has 0 aliphatic heterocycles. The molecule has 0 spiro atoms. The summed E-state index contributed by atoms with van der Waals surface area (Å²) in [6.45, 7) is 16.7. The number of hydrogen-bond acceptors (Lipinski definition) is 4. The van der Waals surface area contributed by atoms with Gasteiger partial charge in [-0.2, -0.15) is 5.26 Å². The van der Waals surface area contributed by atoms with Crippen LogP contribution >= 0.6 is 7.60 Å². The summed E-state index contributed by atoms with van der Waals surface area (Å²) in [5.41, 5.74) is -1.04. The van der Waals surface area contributed by atoms with Crippen molar-refractivity contribution in [2.24, 2.45) is 38.9 Å². The first kappa shape index (κ1) is 29.4. The molecule has 0 saturated heterocycles. The van der Waals surface area contributed by atoms with Crippen molar-refractivity contribution in [1.29, 1.82) is 5.26 Å². The van der Waals surface area contributed by atoms with Crippen LogP contribution in [0, 0.1) is 50.2 Å². The Morgan fingerprint density at radius 1 is 1.11 bits per heavy atom. The maximum absolute atomic E-state index is 14.0. The Kier molecular flexibility index (Phi) is 6.76. The van der Waals surface area contributed by atoms with Crippen LogP contribution in [-0.2, 0) is 14.2 Å². The van der Waals surface area contributed by atoms with Gasteiger partial charge in [0, 0.05) is 16.7 Å². The van der Waals surface area contributed by atoms with Crippen LogP contribution in [0.15, 0.2) is 23.3 Å². The second-order valence-electron chi connectivity index (χ2n) is 14.8. The summed E-state index contributed by atoms with van der Waals surface area (Å²) in [5, 5.41) is 8.62. The van der Waals surface area contributed by atoms with Crippen molar-refractivity contribution in [2.45, 2.75) is 112 Å². The van der Waals surface area contributed by atoms with Crippen LogP contribution in [-0.4, -0.2) is 26.5 Å². The van der Waals surface area contributed by atoms with Crippen LogP contribution in [0.1, 0.15) is 107 Å². The van der Waals surface area contributed by atoms with Crippen LogP contribution in [0.4, 0.5) is 0 Å². The van der Waals surface area contributed by atoms with E-state index in [0.29, 0.717) is 25.7 Å². The molecular weight excluding hydrogens is 497 g/mol. The highest BCUT2D eigenvalue weighted by Gasteiger charge is 2.68. The summed E-state index contributed by atoms with van der Waals surface area (Å²) in [7, 11) is -4.48. The fraction of sp³-hybridized carbons (Fsp3) is 0.774. The minimum Gasteiger partial charge on any atom is -0.324 e. The Morgan fingerprint density at radius 2 is 1.74 bits per heavy atom. The van der Waals surface area contributed by atoms with Crippen molar-refractivity contribution in [3.63, 3.8) is 0 Å². The van der Waals surface area contributed by atoms with E-state index >= 15 is 0 Å². The number of hydrogen-bond donors (Lipinski definition) is 2. The molecule has 0 bridgehead atoms. The molecule has 0 aromatic heterocycles. The number of nitriles is 1. The molecule has 6 nitrogen and oxygen atoms in total. The molecule has 38 heavy (non-hydrogen) atoms. The zero-order chi connectivity index (χ0) is 28.7. The van der Waals surface area contributed by atoms with Crippen LogP contribution in [0.25, 0.3) is 0 Å². The molecule has 210 valence electrons. The lowest BCUT2D eigenvalue weighted by Crippen LogP contribution is -2.62. The second kappa shape index (κ2) is 8.73. The lowest BCUT2D eigenvalue weighted by atomic mass is 9.37. The summed E-state index contributed by atoms with van der Waals surface area (Å²) in [6, 6.07) is 2.12. The third-order valence-corrected chi connectivity index (χ3v) is 14.2. The maximum Gasteiger partial charge on any atom is 0.331 e. The summed E-state index contributed by atoms with van der Waals surface area (Å²) in [6.07, 6.45) is 8.37. The van der Waals surface area contributed by atoms with Gasteiger partial charge < -0.3 is 9.79 Å². The molecule has 2 N–H and O–H groups in total. The smallest absolute Gasteiger partial charge is 0.324 e. The van der Waals surface area contributed by atoms with Gasteiger partial charge in [-0.25, -0.2) is 0 Å². The third kappa shape index (κ3) is 3.90. The fourth-order valence-corrected chi connectivity index (χ4v) is 10.1. The summed E-state index contributed by atoms with van der Waals surface area (Å²) >= 11 is 0. The van der Waals surface area contributed by atoms with E-state index in [9.17, 15) is 29.2 Å². The van der Waals surface area contributed by atoms with E-state index in [1.807, 2.05) is 19.9 Å². The summed E-state index contributed by atoms with van der Waals surface area (Å²) in [4.78, 5) is 48.5. The molecular formula is C31H46NO5P. The van der Waals surface area contributed by atoms with Crippen LogP contribution in [0.3, 0.4) is 0 Å². The molecule has 4 aliphatic carbocycles. The Bertz CT molecular complexity index is 1220. The predicted octanol–water partition coefficient (Wildman–Crippen LogP) is 6.92. The van der Waals surface area contributed by atoms with Gasteiger partial charge in [-0.1, -0.05) is 73.5 Å². The largest absolute Gasteiger partial charge is 0.331 e. The maximum atomic E-state index is 14.0. The lowest BCUT2D eigenvalue weighted by Gasteiger charge is -2.66. The molecule has 4 rings (SSSR count). The highest BCUT2D eigenvalue weighted by atomic mass is 31.2. The lowest BCUT2D eigenvalue weighted by molar-refractivity contribution is -0.142. The first-order valence-electron chi connectivity index (χ1n) is 14.2. The average Bonchev–Trinajstić information content (AvgIpc) is 2.82. The molecule has 6 atom stereocenters. The SMILES string of the molecule is CCC(C)(C)CC[C@]1(P(=O)(O)O)CC[C@]2(C)[C@@H](C1)C(=O)C=C1[C@@]3(C)C=C(C#N)C(=O)C(C)(C)[C@@H]3CC[C@]12C. The molecule has 0 radical (unpaired) electrons. The van der Waals surface area contributed by atoms with Gasteiger partial charge >= 0.3 is 7.60 Å². The summed E-state index contributed by atoms with van der Waals surface area (Å²) in [5.74, 6) is -0.686. The van der Waals surface area contributed by atoms with Gasteiger partial charge in [0.25, 0.3) is 0 Å². The van der Waals surface area contributed by atoms with Crippen molar-refractivity contribution in [3.8, 4) is 6.07 Å². The Labute approximate surface area is 228 Å². The Hall–Kier alpha value is -1.54. The van der Waals surface area contributed by atoms with Crippen molar-refractivity contribution in [1.82, 2.24) is 0 Å². The van der Waals surface area contributed by atoms with Gasteiger partial charge in [0.2, 0.25) is 0 Å². The average molecular weight is 544 g/mol. The number of Topliss-reactive ketones (excluding diaryl/α,β-unsaturated/α-hetero) is 1. The highest BCUT2D eigenvalue weighted by molar-refractivity contribution is 7.53. The van der Waals surface area contributed by atoms with E-state index in [2.05, 4.69) is 47.6 Å². The molecule has 2 saturated carbocycles. The first-order valence-corrected chi connectivity index (χ1v) is 15.9. The highest BCUT2D eigenvalue weighted by Crippen LogP contribution is 2.74. The number of ketones is 2. The molecule has 7 heteroatoms. The minimum atomic E-state index is -4.48. The van der Waals surface area contributed by atoms with Gasteiger partial charge in [-0.05, 0) is 73.2 Å². The molecule has 0 aromatic rings.